The highest BCUT2D eigenvalue weighted by Crippen LogP contribution is 2.58. The maximum atomic E-state index is 4.96. The molecule has 1 aromatic heterocycles. The topological polar surface area (TPSA) is 30.7 Å². The van der Waals surface area contributed by atoms with E-state index < -0.39 is 0 Å². The molecule has 1 heterocycles. The molecule has 0 radical (unpaired) electrons. The van der Waals surface area contributed by atoms with Crippen LogP contribution in [-0.4, -0.2) is 14.8 Å². The molecule has 0 amide bonds. The number of hydrogen-bond acceptors (Lipinski definition) is 2. The smallest absolute Gasteiger partial charge is 0.169 e. The summed E-state index contributed by atoms with van der Waals surface area (Å²) in [5.41, 5.74) is 9.10. The van der Waals surface area contributed by atoms with Crippen molar-refractivity contribution in [2.45, 2.75) is 78.6 Å². The summed E-state index contributed by atoms with van der Waals surface area (Å²) >= 11 is 0. The van der Waals surface area contributed by atoms with E-state index in [1.807, 2.05) is 0 Å². The molecule has 0 N–H and O–H groups in total. The SMILES string of the molecule is CCC1(c2ccccc2-c2nnc(-c3ccccc3C)n2-c2c(C(C)C)cccc2C(C)C)CC1C. The lowest BCUT2D eigenvalue weighted by Crippen LogP contribution is -2.13. The molecule has 0 saturated heterocycles. The van der Waals surface area contributed by atoms with E-state index in [9.17, 15) is 0 Å². The third kappa shape index (κ3) is 3.89. The highest BCUT2D eigenvalue weighted by atomic mass is 15.3. The number of benzene rings is 3. The van der Waals surface area contributed by atoms with Gasteiger partial charge in [-0.15, -0.1) is 10.2 Å². The molecule has 0 aliphatic heterocycles. The van der Waals surface area contributed by atoms with Gasteiger partial charge in [0, 0.05) is 11.1 Å². The fraction of sp³-hybridized carbons (Fsp3) is 0.394. The molecule has 3 nitrogen and oxygen atoms in total. The molecule has 0 bridgehead atoms. The third-order valence-electron chi connectivity index (χ3n) is 8.40. The monoisotopic (exact) mass is 477 g/mol. The van der Waals surface area contributed by atoms with Crippen molar-refractivity contribution in [3.05, 3.63) is 89.0 Å². The first-order valence-electron chi connectivity index (χ1n) is 13.5. The van der Waals surface area contributed by atoms with E-state index in [1.165, 1.54) is 39.9 Å². The Labute approximate surface area is 216 Å². The van der Waals surface area contributed by atoms with E-state index in [-0.39, 0.29) is 5.41 Å². The molecule has 5 rings (SSSR count). The highest BCUT2D eigenvalue weighted by molar-refractivity contribution is 5.73. The van der Waals surface area contributed by atoms with Crippen LogP contribution >= 0.6 is 0 Å². The van der Waals surface area contributed by atoms with Gasteiger partial charge in [-0.3, -0.25) is 4.57 Å². The fourth-order valence-corrected chi connectivity index (χ4v) is 6.10. The standard InChI is InChI=1S/C33H39N3/c1-8-33(20-24(33)7)29-19-12-11-16-28(29)32-35-34-31(27-15-10-9-14-23(27)6)36(32)30-25(21(2)3)17-13-18-26(30)22(4)5/h9-19,21-22,24H,8,20H2,1-7H3. The molecule has 1 aliphatic rings. The van der Waals surface area contributed by atoms with Crippen LogP contribution in [0.2, 0.25) is 0 Å². The zero-order chi connectivity index (χ0) is 25.6. The number of para-hydroxylation sites is 1. The van der Waals surface area contributed by atoms with Crippen LogP contribution in [0, 0.1) is 12.8 Å². The Hall–Kier alpha value is -3.20. The van der Waals surface area contributed by atoms with Gasteiger partial charge in [0.25, 0.3) is 0 Å². The summed E-state index contributed by atoms with van der Waals surface area (Å²) in [4.78, 5) is 0. The average Bonchev–Trinajstić information content (AvgIpc) is 3.35. The van der Waals surface area contributed by atoms with E-state index in [0.717, 1.165) is 23.6 Å². The van der Waals surface area contributed by atoms with Gasteiger partial charge in [-0.2, -0.15) is 0 Å². The van der Waals surface area contributed by atoms with E-state index in [1.54, 1.807) is 0 Å². The zero-order valence-corrected chi connectivity index (χ0v) is 22.8. The van der Waals surface area contributed by atoms with Crippen LogP contribution in [0.25, 0.3) is 28.5 Å². The van der Waals surface area contributed by atoms with Crippen LogP contribution < -0.4 is 0 Å². The van der Waals surface area contributed by atoms with E-state index >= 15 is 0 Å². The van der Waals surface area contributed by atoms with Gasteiger partial charge in [-0.25, -0.2) is 0 Å². The second-order valence-electron chi connectivity index (χ2n) is 11.3. The number of aryl methyl sites for hydroxylation is 1. The zero-order valence-electron chi connectivity index (χ0n) is 22.8. The largest absolute Gasteiger partial charge is 0.274 e. The Balaban J connectivity index is 1.88. The Morgan fingerprint density at radius 2 is 1.33 bits per heavy atom. The Morgan fingerprint density at radius 1 is 0.806 bits per heavy atom. The Kier molecular flexibility index (Phi) is 6.36. The van der Waals surface area contributed by atoms with Crippen LogP contribution in [0.3, 0.4) is 0 Å². The molecular weight excluding hydrogens is 438 g/mol. The first kappa shape index (κ1) is 24.5. The summed E-state index contributed by atoms with van der Waals surface area (Å²) in [5.74, 6) is 3.30. The second-order valence-corrected chi connectivity index (χ2v) is 11.3. The average molecular weight is 478 g/mol. The minimum atomic E-state index is 0.231. The van der Waals surface area contributed by atoms with Crippen LogP contribution in [0.15, 0.2) is 66.7 Å². The molecule has 3 aromatic carbocycles. The molecule has 1 fully saturated rings. The van der Waals surface area contributed by atoms with Crippen molar-refractivity contribution in [1.29, 1.82) is 0 Å². The molecule has 2 unspecified atom stereocenters. The fourth-order valence-electron chi connectivity index (χ4n) is 6.10. The summed E-state index contributed by atoms with van der Waals surface area (Å²) in [5, 5.41) is 9.86. The van der Waals surface area contributed by atoms with Crippen LogP contribution in [0.5, 0.6) is 0 Å². The number of nitrogens with zero attached hydrogens (tertiary/aromatic N) is 3. The lowest BCUT2D eigenvalue weighted by atomic mass is 9.86. The van der Waals surface area contributed by atoms with Crippen molar-refractivity contribution in [1.82, 2.24) is 14.8 Å². The molecule has 36 heavy (non-hydrogen) atoms. The molecule has 4 aromatic rings. The van der Waals surface area contributed by atoms with Crippen LogP contribution in [-0.2, 0) is 5.41 Å². The predicted octanol–water partition coefficient (Wildman–Crippen LogP) is 8.84. The molecule has 2 atom stereocenters. The summed E-state index contributed by atoms with van der Waals surface area (Å²) in [7, 11) is 0. The second kappa shape index (κ2) is 9.35. The Bertz CT molecular complexity index is 1360. The van der Waals surface area contributed by atoms with E-state index in [0.29, 0.717) is 17.8 Å². The van der Waals surface area contributed by atoms with E-state index in [2.05, 4.69) is 120 Å². The molecule has 3 heteroatoms. The summed E-state index contributed by atoms with van der Waals surface area (Å²) in [6.07, 6.45) is 2.38. The van der Waals surface area contributed by atoms with Gasteiger partial charge in [0.2, 0.25) is 0 Å². The predicted molar refractivity (Wildman–Crippen MR) is 151 cm³/mol. The van der Waals surface area contributed by atoms with Gasteiger partial charge in [0.05, 0.1) is 5.69 Å². The van der Waals surface area contributed by atoms with Crippen LogP contribution in [0.1, 0.15) is 88.5 Å². The van der Waals surface area contributed by atoms with Crippen molar-refractivity contribution in [3.8, 4) is 28.5 Å². The van der Waals surface area contributed by atoms with Crippen molar-refractivity contribution in [2.24, 2.45) is 5.92 Å². The van der Waals surface area contributed by atoms with Crippen molar-refractivity contribution < 1.29 is 0 Å². The first-order valence-corrected chi connectivity index (χ1v) is 13.5. The van der Waals surface area contributed by atoms with Gasteiger partial charge in [-0.1, -0.05) is 108 Å². The normalized spacial score (nSPS) is 19.3. The minimum absolute atomic E-state index is 0.231. The van der Waals surface area contributed by atoms with E-state index in [4.69, 9.17) is 10.2 Å². The van der Waals surface area contributed by atoms with Gasteiger partial charge >= 0.3 is 0 Å². The number of rotatable bonds is 7. The lowest BCUT2D eigenvalue weighted by Gasteiger charge is -2.24. The Morgan fingerprint density at radius 3 is 1.86 bits per heavy atom. The van der Waals surface area contributed by atoms with Crippen LogP contribution in [0.4, 0.5) is 0 Å². The van der Waals surface area contributed by atoms with Crippen molar-refractivity contribution in [3.63, 3.8) is 0 Å². The summed E-state index contributed by atoms with van der Waals surface area (Å²) < 4.78 is 2.38. The quantitative estimate of drug-likeness (QED) is 0.266. The molecule has 1 saturated carbocycles. The highest BCUT2D eigenvalue weighted by Gasteiger charge is 2.51. The van der Waals surface area contributed by atoms with Crippen molar-refractivity contribution in [2.75, 3.05) is 0 Å². The molecule has 0 spiro atoms. The summed E-state index contributed by atoms with van der Waals surface area (Å²) in [6.45, 7) is 16.0. The number of aromatic nitrogens is 3. The molecule has 1 aliphatic carbocycles. The number of hydrogen-bond donors (Lipinski definition) is 0. The maximum Gasteiger partial charge on any atom is 0.169 e. The van der Waals surface area contributed by atoms with Crippen molar-refractivity contribution >= 4 is 0 Å². The first-order chi connectivity index (χ1) is 17.3. The van der Waals surface area contributed by atoms with Gasteiger partial charge < -0.3 is 0 Å². The third-order valence-corrected chi connectivity index (χ3v) is 8.40. The lowest BCUT2D eigenvalue weighted by molar-refractivity contribution is 0.607. The molecular formula is C33H39N3. The maximum absolute atomic E-state index is 4.96. The van der Waals surface area contributed by atoms with Gasteiger partial charge in [0.15, 0.2) is 11.6 Å². The van der Waals surface area contributed by atoms with Gasteiger partial charge in [0.1, 0.15) is 0 Å². The summed E-state index contributed by atoms with van der Waals surface area (Å²) in [6, 6.07) is 24.2. The molecule has 186 valence electrons. The minimum Gasteiger partial charge on any atom is -0.274 e. The van der Waals surface area contributed by atoms with Gasteiger partial charge in [-0.05, 0) is 65.2 Å².